The summed E-state index contributed by atoms with van der Waals surface area (Å²) in [6.07, 6.45) is 2.95. The van der Waals surface area contributed by atoms with Crippen LogP contribution in [-0.4, -0.2) is 23.3 Å². The fraction of sp³-hybridized carbons (Fsp3) is 0.444. The first kappa shape index (κ1) is 10.2. The number of aromatic nitrogens is 1. The summed E-state index contributed by atoms with van der Waals surface area (Å²) in [5.41, 5.74) is 6.46. The summed E-state index contributed by atoms with van der Waals surface area (Å²) in [6.45, 7) is 1.66. The molecule has 1 rings (SSSR count). The van der Waals surface area contributed by atoms with Crippen molar-refractivity contribution in [2.24, 2.45) is 5.73 Å². The lowest BCUT2D eigenvalue weighted by molar-refractivity contribution is 0.190. The van der Waals surface area contributed by atoms with Crippen LogP contribution < -0.4 is 5.73 Å². The van der Waals surface area contributed by atoms with E-state index in [9.17, 15) is 0 Å². The topological polar surface area (TPSA) is 40.2 Å². The fourth-order valence-corrected chi connectivity index (χ4v) is 1.40. The van der Waals surface area contributed by atoms with Gasteiger partial charge in [0.15, 0.2) is 0 Å². The summed E-state index contributed by atoms with van der Waals surface area (Å²) in [7, 11) is 1.70. The van der Waals surface area contributed by atoms with Gasteiger partial charge in [-0.2, -0.15) is 0 Å². The average Bonchev–Trinajstić information content (AvgIpc) is 2.53. The van der Waals surface area contributed by atoms with E-state index in [-0.39, 0.29) is 0 Å². The van der Waals surface area contributed by atoms with Crippen molar-refractivity contribution in [3.63, 3.8) is 0 Å². The average molecular weight is 198 g/mol. The zero-order valence-corrected chi connectivity index (χ0v) is 8.51. The molecule has 1 aromatic rings. The minimum atomic E-state index is 0.447. The third kappa shape index (κ3) is 2.82. The molecule has 3 nitrogen and oxygen atoms in total. The molecule has 0 atom stereocenters. The van der Waals surface area contributed by atoms with E-state index < -0.39 is 0 Å². The summed E-state index contributed by atoms with van der Waals surface area (Å²) in [6, 6.07) is 3.87. The Morgan fingerprint density at radius 3 is 3.08 bits per heavy atom. The maximum atomic E-state index is 5.54. The predicted molar refractivity (Wildman–Crippen MR) is 56.8 cm³/mol. The highest BCUT2D eigenvalue weighted by atomic mass is 32.1. The molecule has 0 aliphatic heterocycles. The zero-order valence-electron chi connectivity index (χ0n) is 7.69. The molecule has 0 bridgehead atoms. The van der Waals surface area contributed by atoms with Crippen LogP contribution in [-0.2, 0) is 11.3 Å². The van der Waals surface area contributed by atoms with Crippen molar-refractivity contribution < 1.29 is 4.74 Å². The van der Waals surface area contributed by atoms with Gasteiger partial charge in [-0.3, -0.25) is 0 Å². The first-order valence-corrected chi connectivity index (χ1v) is 4.60. The van der Waals surface area contributed by atoms with E-state index in [1.54, 1.807) is 7.11 Å². The number of aryl methyl sites for hydroxylation is 1. The van der Waals surface area contributed by atoms with Gasteiger partial charge in [-0.1, -0.05) is 12.2 Å². The molecule has 1 aromatic heterocycles. The number of rotatable bonds is 5. The molecule has 0 radical (unpaired) electrons. The number of hydrogen-bond donors (Lipinski definition) is 1. The minimum Gasteiger partial charge on any atom is -0.388 e. The highest BCUT2D eigenvalue weighted by Crippen LogP contribution is 2.03. The molecule has 0 amide bonds. The molecule has 0 saturated heterocycles. The Kier molecular flexibility index (Phi) is 3.92. The maximum Gasteiger partial charge on any atom is 0.120 e. The van der Waals surface area contributed by atoms with Gasteiger partial charge in [-0.05, 0) is 18.6 Å². The molecule has 2 N–H and O–H groups in total. The van der Waals surface area contributed by atoms with Gasteiger partial charge in [-0.25, -0.2) is 0 Å². The Morgan fingerprint density at radius 2 is 2.46 bits per heavy atom. The fourth-order valence-electron chi connectivity index (χ4n) is 1.21. The first-order chi connectivity index (χ1) is 6.25. The number of methoxy groups -OCH3 is 1. The van der Waals surface area contributed by atoms with Crippen molar-refractivity contribution in [2.75, 3.05) is 13.7 Å². The van der Waals surface area contributed by atoms with Crippen LogP contribution in [0.1, 0.15) is 12.1 Å². The molecule has 0 aromatic carbocycles. The van der Waals surface area contributed by atoms with Crippen molar-refractivity contribution in [2.45, 2.75) is 13.0 Å². The summed E-state index contributed by atoms with van der Waals surface area (Å²) in [5, 5.41) is 0. The van der Waals surface area contributed by atoms with Gasteiger partial charge in [0.1, 0.15) is 4.99 Å². The van der Waals surface area contributed by atoms with Gasteiger partial charge in [0, 0.05) is 26.5 Å². The van der Waals surface area contributed by atoms with Crippen LogP contribution >= 0.6 is 12.2 Å². The SMILES string of the molecule is COCCCn1cccc1C(N)=S. The van der Waals surface area contributed by atoms with Gasteiger partial charge in [0.05, 0.1) is 5.69 Å². The lowest BCUT2D eigenvalue weighted by Gasteiger charge is -2.06. The van der Waals surface area contributed by atoms with Crippen molar-refractivity contribution in [3.05, 3.63) is 24.0 Å². The number of thiocarbonyl (C=S) groups is 1. The van der Waals surface area contributed by atoms with Crippen molar-refractivity contribution in [1.82, 2.24) is 4.57 Å². The van der Waals surface area contributed by atoms with Crippen LogP contribution in [0.15, 0.2) is 18.3 Å². The standard InChI is InChI=1S/C9H14N2OS/c1-12-7-3-6-11-5-2-4-8(11)9(10)13/h2,4-5H,3,6-7H2,1H3,(H2,10,13). The van der Waals surface area contributed by atoms with Crippen LogP contribution in [0.5, 0.6) is 0 Å². The molecule has 0 aliphatic carbocycles. The Morgan fingerprint density at radius 1 is 1.69 bits per heavy atom. The highest BCUT2D eigenvalue weighted by molar-refractivity contribution is 7.80. The van der Waals surface area contributed by atoms with Gasteiger partial charge >= 0.3 is 0 Å². The van der Waals surface area contributed by atoms with E-state index in [0.29, 0.717) is 4.99 Å². The van der Waals surface area contributed by atoms with Crippen molar-refractivity contribution >= 4 is 17.2 Å². The highest BCUT2D eigenvalue weighted by Gasteiger charge is 2.01. The van der Waals surface area contributed by atoms with Gasteiger partial charge in [-0.15, -0.1) is 0 Å². The molecule has 0 unspecified atom stereocenters. The summed E-state index contributed by atoms with van der Waals surface area (Å²) < 4.78 is 7.01. The lowest BCUT2D eigenvalue weighted by Crippen LogP contribution is -2.15. The van der Waals surface area contributed by atoms with E-state index in [1.165, 1.54) is 0 Å². The second kappa shape index (κ2) is 4.99. The Balaban J connectivity index is 2.55. The number of nitrogens with two attached hydrogens (primary N) is 1. The van der Waals surface area contributed by atoms with Crippen LogP contribution in [0, 0.1) is 0 Å². The largest absolute Gasteiger partial charge is 0.388 e. The van der Waals surface area contributed by atoms with Crippen LogP contribution in [0.3, 0.4) is 0 Å². The zero-order chi connectivity index (χ0) is 9.68. The van der Waals surface area contributed by atoms with Crippen molar-refractivity contribution in [3.8, 4) is 0 Å². The molecule has 0 spiro atoms. The molecule has 0 fully saturated rings. The Labute approximate surface area is 83.5 Å². The monoisotopic (exact) mass is 198 g/mol. The van der Waals surface area contributed by atoms with Crippen LogP contribution in [0.4, 0.5) is 0 Å². The van der Waals surface area contributed by atoms with E-state index in [4.69, 9.17) is 22.7 Å². The predicted octanol–water partition coefficient (Wildman–Crippen LogP) is 1.16. The maximum absolute atomic E-state index is 5.54. The molecule has 0 aliphatic rings. The first-order valence-electron chi connectivity index (χ1n) is 4.19. The van der Waals surface area contributed by atoms with E-state index in [2.05, 4.69) is 0 Å². The van der Waals surface area contributed by atoms with Crippen molar-refractivity contribution in [1.29, 1.82) is 0 Å². The second-order valence-corrected chi connectivity index (χ2v) is 3.24. The Bertz CT molecular complexity index is 283. The van der Waals surface area contributed by atoms with Gasteiger partial charge < -0.3 is 15.0 Å². The van der Waals surface area contributed by atoms with Crippen LogP contribution in [0.25, 0.3) is 0 Å². The third-order valence-electron chi connectivity index (χ3n) is 1.83. The number of hydrogen-bond acceptors (Lipinski definition) is 2. The molecule has 72 valence electrons. The summed E-state index contributed by atoms with van der Waals surface area (Å²) >= 11 is 4.91. The number of ether oxygens (including phenoxy) is 1. The molecule has 1 heterocycles. The number of nitrogens with zero attached hydrogens (tertiary/aromatic N) is 1. The van der Waals surface area contributed by atoms with E-state index in [0.717, 1.165) is 25.3 Å². The summed E-state index contributed by atoms with van der Waals surface area (Å²) in [4.78, 5) is 0.447. The molecular weight excluding hydrogens is 184 g/mol. The van der Waals surface area contributed by atoms with Gasteiger partial charge in [0.2, 0.25) is 0 Å². The minimum absolute atomic E-state index is 0.447. The van der Waals surface area contributed by atoms with E-state index in [1.807, 2.05) is 22.9 Å². The summed E-state index contributed by atoms with van der Waals surface area (Å²) in [5.74, 6) is 0. The molecular formula is C9H14N2OS. The lowest BCUT2D eigenvalue weighted by atomic mass is 10.4. The molecule has 0 saturated carbocycles. The third-order valence-corrected chi connectivity index (χ3v) is 2.04. The quantitative estimate of drug-likeness (QED) is 0.570. The normalized spacial score (nSPS) is 10.2. The molecule has 13 heavy (non-hydrogen) atoms. The van der Waals surface area contributed by atoms with E-state index >= 15 is 0 Å². The van der Waals surface area contributed by atoms with Crippen LogP contribution in [0.2, 0.25) is 0 Å². The second-order valence-electron chi connectivity index (χ2n) is 2.80. The molecule has 4 heteroatoms. The smallest absolute Gasteiger partial charge is 0.120 e. The van der Waals surface area contributed by atoms with Gasteiger partial charge in [0.25, 0.3) is 0 Å². The Hall–Kier alpha value is -0.870.